The first-order chi connectivity index (χ1) is 17.0. The topological polar surface area (TPSA) is 48.0 Å². The van der Waals surface area contributed by atoms with E-state index in [1.165, 1.54) is 11.1 Å². The zero-order chi connectivity index (χ0) is 24.4. The third kappa shape index (κ3) is 5.21. The number of ether oxygens (including phenoxy) is 1. The van der Waals surface area contributed by atoms with Crippen LogP contribution in [-0.4, -0.2) is 87.3 Å². The van der Waals surface area contributed by atoms with Crippen LogP contribution < -0.4 is 14.5 Å². The van der Waals surface area contributed by atoms with Crippen molar-refractivity contribution < 1.29 is 4.74 Å². The van der Waals surface area contributed by atoms with E-state index in [1.54, 1.807) is 0 Å². The molecule has 0 N–H and O–H groups in total. The number of benzene rings is 2. The fraction of sp³-hybridized carbons (Fsp3) is 0.500. The van der Waals surface area contributed by atoms with E-state index < -0.39 is 0 Å². The van der Waals surface area contributed by atoms with E-state index in [4.69, 9.17) is 14.7 Å². The summed E-state index contributed by atoms with van der Waals surface area (Å²) in [5.41, 5.74) is 4.73. The van der Waals surface area contributed by atoms with Gasteiger partial charge in [-0.3, -0.25) is 0 Å². The smallest absolute Gasteiger partial charge is 0.173 e. The number of rotatable bonds is 9. The summed E-state index contributed by atoms with van der Waals surface area (Å²) in [5, 5.41) is 0. The van der Waals surface area contributed by atoms with Gasteiger partial charge in [0.1, 0.15) is 5.75 Å². The molecular weight excluding hydrogens is 436 g/mol. The fourth-order valence-electron chi connectivity index (χ4n) is 5.24. The van der Waals surface area contributed by atoms with E-state index in [0.29, 0.717) is 0 Å². The predicted octanol–water partition coefficient (Wildman–Crippen LogP) is 3.84. The molecule has 7 nitrogen and oxygen atoms in total. The summed E-state index contributed by atoms with van der Waals surface area (Å²) in [6, 6.07) is 15.2. The molecule has 0 aliphatic carbocycles. The van der Waals surface area contributed by atoms with E-state index in [0.717, 1.165) is 87.0 Å². The van der Waals surface area contributed by atoms with E-state index in [1.807, 2.05) is 12.1 Å². The van der Waals surface area contributed by atoms with Crippen molar-refractivity contribution in [1.29, 1.82) is 0 Å². The Balaban J connectivity index is 1.45. The van der Waals surface area contributed by atoms with Gasteiger partial charge >= 0.3 is 0 Å². The monoisotopic (exact) mass is 474 g/mol. The first-order valence-electron chi connectivity index (χ1n) is 12.8. The molecule has 0 saturated heterocycles. The molecule has 0 radical (unpaired) electrons. The molecule has 2 aliphatic rings. The second kappa shape index (κ2) is 10.4. The van der Waals surface area contributed by atoms with Gasteiger partial charge in [0, 0.05) is 26.2 Å². The summed E-state index contributed by atoms with van der Waals surface area (Å²) in [6.07, 6.45) is 3.13. The van der Waals surface area contributed by atoms with E-state index >= 15 is 0 Å². The van der Waals surface area contributed by atoms with Gasteiger partial charge in [-0.15, -0.1) is 0 Å². The minimum atomic E-state index is 0.256. The minimum Gasteiger partial charge on any atom is -0.494 e. The largest absolute Gasteiger partial charge is 0.494 e. The van der Waals surface area contributed by atoms with Gasteiger partial charge < -0.3 is 24.3 Å². The zero-order valence-electron chi connectivity index (χ0n) is 21.6. The number of fused-ring (bicyclic) bond motifs is 6. The number of para-hydroxylation sites is 2. The average molecular weight is 475 g/mol. The molecule has 2 aliphatic heterocycles. The van der Waals surface area contributed by atoms with Gasteiger partial charge in [-0.1, -0.05) is 18.2 Å². The van der Waals surface area contributed by atoms with Gasteiger partial charge in [-0.2, -0.15) is 0 Å². The standard InChI is InChI=1S/C28H38N6O/c1-31(2)14-7-16-33-20-26-23-19-22(35-18-8-15-32(3)4)12-11-21(23)13-17-34(26)28-27(33)29-24-9-5-6-10-25(24)30-28/h5-6,9-12,19,26H,7-8,13-18,20H2,1-4H3. The zero-order valence-corrected chi connectivity index (χ0v) is 21.6. The molecule has 1 atom stereocenters. The van der Waals surface area contributed by atoms with Crippen LogP contribution in [0.4, 0.5) is 11.6 Å². The van der Waals surface area contributed by atoms with Crippen LogP contribution in [0.25, 0.3) is 11.0 Å². The first kappa shape index (κ1) is 23.8. The van der Waals surface area contributed by atoms with Crippen LogP contribution in [0.15, 0.2) is 42.5 Å². The maximum Gasteiger partial charge on any atom is 0.173 e. The lowest BCUT2D eigenvalue weighted by molar-refractivity contribution is 0.281. The van der Waals surface area contributed by atoms with Crippen LogP contribution in [0.2, 0.25) is 0 Å². The lowest BCUT2D eigenvalue weighted by atomic mass is 9.90. The Morgan fingerprint density at radius 3 is 2.37 bits per heavy atom. The van der Waals surface area contributed by atoms with Gasteiger partial charge in [0.15, 0.2) is 11.6 Å². The molecule has 3 aromatic rings. The van der Waals surface area contributed by atoms with Crippen molar-refractivity contribution in [3.8, 4) is 5.75 Å². The molecule has 0 saturated carbocycles. The van der Waals surface area contributed by atoms with E-state index in [9.17, 15) is 0 Å². The highest BCUT2D eigenvalue weighted by Gasteiger charge is 2.37. The second-order valence-electron chi connectivity index (χ2n) is 10.3. The molecular formula is C28H38N6O. The average Bonchev–Trinajstić information content (AvgIpc) is 2.85. The third-order valence-corrected chi connectivity index (χ3v) is 7.03. The molecule has 0 fully saturated rings. The summed E-state index contributed by atoms with van der Waals surface area (Å²) in [7, 11) is 8.48. The summed E-state index contributed by atoms with van der Waals surface area (Å²) < 4.78 is 6.16. The quantitative estimate of drug-likeness (QED) is 0.437. The number of hydrogen-bond acceptors (Lipinski definition) is 7. The Bertz CT molecular complexity index is 1160. The number of aromatic nitrogens is 2. The van der Waals surface area contributed by atoms with Crippen molar-refractivity contribution in [3.63, 3.8) is 0 Å². The molecule has 0 amide bonds. The predicted molar refractivity (Wildman–Crippen MR) is 144 cm³/mol. The second-order valence-corrected chi connectivity index (χ2v) is 10.3. The lowest BCUT2D eigenvalue weighted by Crippen LogP contribution is -2.48. The van der Waals surface area contributed by atoms with Gasteiger partial charge in [0.25, 0.3) is 0 Å². The summed E-state index contributed by atoms with van der Waals surface area (Å²) in [4.78, 5) is 19.6. The maximum absolute atomic E-state index is 6.16. The summed E-state index contributed by atoms with van der Waals surface area (Å²) in [6.45, 7) is 5.69. The number of hydrogen-bond donors (Lipinski definition) is 0. The molecule has 7 heteroatoms. The molecule has 1 aromatic heterocycles. The van der Waals surface area contributed by atoms with Gasteiger partial charge in [-0.05, 0) is 89.4 Å². The Kier molecular flexibility index (Phi) is 7.07. The highest BCUT2D eigenvalue weighted by atomic mass is 16.5. The van der Waals surface area contributed by atoms with Crippen molar-refractivity contribution in [2.45, 2.75) is 25.3 Å². The Hall–Kier alpha value is -2.90. The molecule has 35 heavy (non-hydrogen) atoms. The van der Waals surface area contributed by atoms with Crippen LogP contribution >= 0.6 is 0 Å². The molecule has 3 heterocycles. The third-order valence-electron chi connectivity index (χ3n) is 7.03. The van der Waals surface area contributed by atoms with Crippen LogP contribution in [0.1, 0.15) is 30.0 Å². The maximum atomic E-state index is 6.16. The van der Waals surface area contributed by atoms with Crippen molar-refractivity contribution >= 4 is 22.7 Å². The van der Waals surface area contributed by atoms with Crippen LogP contribution in [-0.2, 0) is 6.42 Å². The minimum absolute atomic E-state index is 0.256. The van der Waals surface area contributed by atoms with E-state index in [-0.39, 0.29) is 6.04 Å². The van der Waals surface area contributed by atoms with Gasteiger partial charge in [0.05, 0.1) is 23.7 Å². The summed E-state index contributed by atoms with van der Waals surface area (Å²) >= 11 is 0. The normalized spacial score (nSPS) is 17.0. The molecule has 0 spiro atoms. The molecule has 2 aromatic carbocycles. The Labute approximate surface area is 209 Å². The number of anilines is 2. The van der Waals surface area contributed by atoms with Crippen molar-refractivity contribution in [1.82, 2.24) is 19.8 Å². The van der Waals surface area contributed by atoms with Crippen molar-refractivity contribution in [3.05, 3.63) is 53.6 Å². The molecule has 1 unspecified atom stereocenters. The van der Waals surface area contributed by atoms with Crippen LogP contribution in [0.5, 0.6) is 5.75 Å². The van der Waals surface area contributed by atoms with Crippen molar-refractivity contribution in [2.24, 2.45) is 0 Å². The molecule has 186 valence electrons. The SMILES string of the molecule is CN(C)CCCOc1ccc2c(c1)C1CN(CCCN(C)C)c3nc4ccccc4nc3N1CC2. The molecule has 0 bridgehead atoms. The lowest BCUT2D eigenvalue weighted by Gasteiger charge is -2.46. The Morgan fingerprint density at radius 1 is 0.914 bits per heavy atom. The van der Waals surface area contributed by atoms with Gasteiger partial charge in [0.2, 0.25) is 0 Å². The highest BCUT2D eigenvalue weighted by Crippen LogP contribution is 2.43. The highest BCUT2D eigenvalue weighted by molar-refractivity contribution is 5.82. The molecule has 5 rings (SSSR count). The Morgan fingerprint density at radius 2 is 1.63 bits per heavy atom. The van der Waals surface area contributed by atoms with Gasteiger partial charge in [-0.25, -0.2) is 9.97 Å². The summed E-state index contributed by atoms with van der Waals surface area (Å²) in [5.74, 6) is 3.02. The van der Waals surface area contributed by atoms with Crippen LogP contribution in [0, 0.1) is 0 Å². The first-order valence-corrected chi connectivity index (χ1v) is 12.8. The van der Waals surface area contributed by atoms with E-state index in [2.05, 4.69) is 78.1 Å². The number of nitrogens with zero attached hydrogens (tertiary/aromatic N) is 6. The fourth-order valence-corrected chi connectivity index (χ4v) is 5.24. The van der Waals surface area contributed by atoms with Crippen molar-refractivity contribution in [2.75, 3.05) is 77.3 Å². The van der Waals surface area contributed by atoms with Crippen LogP contribution in [0.3, 0.4) is 0 Å².